The van der Waals surface area contributed by atoms with Gasteiger partial charge in [0.25, 0.3) is 0 Å². The minimum Gasteiger partial charge on any atom is -0.381 e. The van der Waals surface area contributed by atoms with E-state index in [1.165, 1.54) is 11.1 Å². The molecule has 0 saturated carbocycles. The second kappa shape index (κ2) is 8.30. The molecule has 2 N–H and O–H groups in total. The smallest absolute Gasteiger partial charge is 0.220 e. The molecule has 1 saturated heterocycles. The number of carbonyl (C=O) groups excluding carboxylic acids is 1. The Morgan fingerprint density at radius 2 is 2.00 bits per heavy atom. The van der Waals surface area contributed by atoms with E-state index < -0.39 is 0 Å². The first-order valence-electron chi connectivity index (χ1n) is 8.23. The van der Waals surface area contributed by atoms with Crippen molar-refractivity contribution in [3.63, 3.8) is 0 Å². The van der Waals surface area contributed by atoms with Gasteiger partial charge >= 0.3 is 0 Å². The van der Waals surface area contributed by atoms with Crippen molar-refractivity contribution >= 4 is 5.91 Å². The van der Waals surface area contributed by atoms with E-state index in [4.69, 9.17) is 4.74 Å². The molecule has 122 valence electrons. The summed E-state index contributed by atoms with van der Waals surface area (Å²) in [7, 11) is 1.91. The highest BCUT2D eigenvalue weighted by molar-refractivity contribution is 5.76. The van der Waals surface area contributed by atoms with Gasteiger partial charge in [-0.1, -0.05) is 24.3 Å². The number of carbonyl (C=O) groups is 1. The maximum Gasteiger partial charge on any atom is 0.220 e. The second-order valence-electron chi connectivity index (χ2n) is 6.19. The second-order valence-corrected chi connectivity index (χ2v) is 6.19. The van der Waals surface area contributed by atoms with Crippen molar-refractivity contribution in [2.24, 2.45) is 0 Å². The summed E-state index contributed by atoms with van der Waals surface area (Å²) < 4.78 is 5.55. The van der Waals surface area contributed by atoms with E-state index in [0.29, 0.717) is 13.0 Å². The van der Waals surface area contributed by atoms with Gasteiger partial charge in [-0.2, -0.15) is 0 Å². The van der Waals surface area contributed by atoms with Gasteiger partial charge in [0, 0.05) is 31.6 Å². The Hall–Kier alpha value is -1.39. The molecule has 0 spiro atoms. The molecule has 0 aromatic heterocycles. The van der Waals surface area contributed by atoms with Gasteiger partial charge in [-0.05, 0) is 50.9 Å². The molecule has 1 aliphatic heterocycles. The van der Waals surface area contributed by atoms with Gasteiger partial charge in [0.05, 0.1) is 0 Å². The minimum atomic E-state index is 0.0161. The number of hydrogen-bond acceptors (Lipinski definition) is 3. The zero-order valence-electron chi connectivity index (χ0n) is 13.8. The fourth-order valence-electron chi connectivity index (χ4n) is 3.25. The molecule has 0 radical (unpaired) electrons. The number of benzene rings is 1. The quantitative estimate of drug-likeness (QED) is 0.759. The zero-order valence-corrected chi connectivity index (χ0v) is 13.8. The van der Waals surface area contributed by atoms with Crippen LogP contribution >= 0.6 is 0 Å². The molecule has 22 heavy (non-hydrogen) atoms. The lowest BCUT2D eigenvalue weighted by atomic mass is 9.72. The summed E-state index contributed by atoms with van der Waals surface area (Å²) in [5.74, 6) is 0.148. The Bertz CT molecular complexity index is 482. The van der Waals surface area contributed by atoms with Crippen molar-refractivity contribution in [2.45, 2.75) is 38.0 Å². The highest BCUT2D eigenvalue weighted by atomic mass is 16.5. The third-order valence-corrected chi connectivity index (χ3v) is 4.62. The minimum absolute atomic E-state index is 0.0161. The maximum atomic E-state index is 12.0. The Labute approximate surface area is 133 Å². The SMILES string of the molecule is CNCCCC(=O)NCC1(c2ccccc2C)CCOCC1. The van der Waals surface area contributed by atoms with E-state index in [0.717, 1.165) is 39.0 Å². The van der Waals surface area contributed by atoms with Gasteiger partial charge in [0.1, 0.15) is 0 Å². The van der Waals surface area contributed by atoms with Crippen molar-refractivity contribution in [3.05, 3.63) is 35.4 Å². The molecule has 1 aliphatic rings. The van der Waals surface area contributed by atoms with Crippen LogP contribution in [0.25, 0.3) is 0 Å². The number of nitrogens with one attached hydrogen (secondary N) is 2. The predicted molar refractivity (Wildman–Crippen MR) is 89.1 cm³/mol. The third kappa shape index (κ3) is 4.31. The van der Waals surface area contributed by atoms with Gasteiger partial charge in [-0.3, -0.25) is 4.79 Å². The first-order valence-corrected chi connectivity index (χ1v) is 8.23. The van der Waals surface area contributed by atoms with Crippen LogP contribution in [0.5, 0.6) is 0 Å². The fraction of sp³-hybridized carbons (Fsp3) is 0.611. The van der Waals surface area contributed by atoms with Crippen LogP contribution in [0.3, 0.4) is 0 Å². The van der Waals surface area contributed by atoms with E-state index >= 15 is 0 Å². The number of amides is 1. The Morgan fingerprint density at radius 1 is 1.27 bits per heavy atom. The molecule has 1 aromatic rings. The lowest BCUT2D eigenvalue weighted by Gasteiger charge is -2.39. The van der Waals surface area contributed by atoms with Gasteiger partial charge in [0.2, 0.25) is 5.91 Å². The number of aryl methyl sites for hydroxylation is 1. The molecule has 0 aliphatic carbocycles. The Kier molecular flexibility index (Phi) is 6.40. The lowest BCUT2D eigenvalue weighted by Crippen LogP contribution is -2.45. The summed E-state index contributed by atoms with van der Waals surface area (Å²) in [6, 6.07) is 8.52. The van der Waals surface area contributed by atoms with Crippen LogP contribution in [0.15, 0.2) is 24.3 Å². The van der Waals surface area contributed by atoms with Gasteiger partial charge in [-0.25, -0.2) is 0 Å². The predicted octanol–water partition coefficient (Wildman–Crippen LogP) is 2.16. The first-order chi connectivity index (χ1) is 10.7. The van der Waals surface area contributed by atoms with Crippen LogP contribution in [-0.2, 0) is 14.9 Å². The summed E-state index contributed by atoms with van der Waals surface area (Å²) in [4.78, 5) is 12.0. The van der Waals surface area contributed by atoms with E-state index in [1.807, 2.05) is 7.05 Å². The molecule has 4 heteroatoms. The Morgan fingerprint density at radius 3 is 2.68 bits per heavy atom. The number of ether oxygens (including phenoxy) is 1. The summed E-state index contributed by atoms with van der Waals surface area (Å²) in [5.41, 5.74) is 2.67. The van der Waals surface area contributed by atoms with Crippen molar-refractivity contribution < 1.29 is 9.53 Å². The summed E-state index contributed by atoms with van der Waals surface area (Å²) in [6.07, 6.45) is 3.40. The van der Waals surface area contributed by atoms with E-state index in [9.17, 15) is 4.79 Å². The van der Waals surface area contributed by atoms with Crippen molar-refractivity contribution in [3.8, 4) is 0 Å². The van der Waals surface area contributed by atoms with E-state index in [-0.39, 0.29) is 11.3 Å². The van der Waals surface area contributed by atoms with Crippen LogP contribution in [0.2, 0.25) is 0 Å². The molecule has 1 heterocycles. The normalized spacial score (nSPS) is 17.2. The molecule has 1 amide bonds. The highest BCUT2D eigenvalue weighted by Crippen LogP contribution is 2.36. The van der Waals surface area contributed by atoms with Crippen molar-refractivity contribution in [1.29, 1.82) is 0 Å². The van der Waals surface area contributed by atoms with Crippen LogP contribution in [0.1, 0.15) is 36.8 Å². The molecular weight excluding hydrogens is 276 g/mol. The van der Waals surface area contributed by atoms with Gasteiger partial charge in [0.15, 0.2) is 0 Å². The molecule has 4 nitrogen and oxygen atoms in total. The largest absolute Gasteiger partial charge is 0.381 e. The average Bonchev–Trinajstić information content (AvgIpc) is 2.54. The van der Waals surface area contributed by atoms with E-state index in [1.54, 1.807) is 0 Å². The maximum absolute atomic E-state index is 12.0. The molecule has 0 unspecified atom stereocenters. The number of hydrogen-bond donors (Lipinski definition) is 2. The third-order valence-electron chi connectivity index (χ3n) is 4.62. The van der Waals surface area contributed by atoms with Crippen molar-refractivity contribution in [1.82, 2.24) is 10.6 Å². The van der Waals surface area contributed by atoms with Crippen LogP contribution in [-0.4, -0.2) is 39.3 Å². The molecule has 1 aromatic carbocycles. The van der Waals surface area contributed by atoms with Gasteiger partial charge in [-0.15, -0.1) is 0 Å². The molecular formula is C18H28N2O2. The Balaban J connectivity index is 2.04. The molecule has 0 atom stereocenters. The van der Waals surface area contributed by atoms with Crippen LogP contribution in [0.4, 0.5) is 0 Å². The van der Waals surface area contributed by atoms with E-state index in [2.05, 4.69) is 41.8 Å². The summed E-state index contributed by atoms with van der Waals surface area (Å²) in [5, 5.41) is 6.23. The zero-order chi connectivity index (χ0) is 15.8. The monoisotopic (exact) mass is 304 g/mol. The highest BCUT2D eigenvalue weighted by Gasteiger charge is 2.35. The van der Waals surface area contributed by atoms with Crippen LogP contribution < -0.4 is 10.6 Å². The fourth-order valence-corrected chi connectivity index (χ4v) is 3.25. The first kappa shape index (κ1) is 17.0. The summed E-state index contributed by atoms with van der Waals surface area (Å²) in [6.45, 7) is 5.28. The number of rotatable bonds is 7. The molecule has 1 fully saturated rings. The lowest BCUT2D eigenvalue weighted by molar-refractivity contribution is -0.121. The summed E-state index contributed by atoms with van der Waals surface area (Å²) >= 11 is 0. The average molecular weight is 304 g/mol. The standard InChI is InChI=1S/C18H28N2O2/c1-15-6-3-4-7-16(15)18(9-12-22-13-10-18)14-20-17(21)8-5-11-19-2/h3-4,6-7,19H,5,8-14H2,1-2H3,(H,20,21). The molecule has 0 bridgehead atoms. The van der Waals surface area contributed by atoms with Gasteiger partial charge < -0.3 is 15.4 Å². The van der Waals surface area contributed by atoms with Crippen LogP contribution in [0, 0.1) is 6.92 Å². The molecule has 2 rings (SSSR count). The van der Waals surface area contributed by atoms with Crippen molar-refractivity contribution in [2.75, 3.05) is 33.4 Å². The topological polar surface area (TPSA) is 50.4 Å².